The molecule has 1 aromatic carbocycles. The molecule has 138 valence electrons. The van der Waals surface area contributed by atoms with Gasteiger partial charge in [0.25, 0.3) is 0 Å². The first-order chi connectivity index (χ1) is 11.3. The smallest absolute Gasteiger partial charge is 0.333 e. The van der Waals surface area contributed by atoms with E-state index in [-0.39, 0.29) is 0 Å². The van der Waals surface area contributed by atoms with Crippen LogP contribution in [0, 0.1) is 0 Å². The number of alkyl halides is 3. The van der Waals surface area contributed by atoms with Gasteiger partial charge in [-0.25, -0.2) is 0 Å². The Balaban J connectivity index is -0.000000321. The SMILES string of the molecule is C/C=C(C)\C=C/C=O.CC.CCc1ccc(C(F)(F)F)cc1.CN. The van der Waals surface area contributed by atoms with Crippen molar-refractivity contribution in [3.63, 3.8) is 0 Å². The summed E-state index contributed by atoms with van der Waals surface area (Å²) in [6.45, 7) is 9.78. The molecule has 0 aliphatic heterocycles. The highest BCUT2D eigenvalue weighted by molar-refractivity contribution is 5.65. The lowest BCUT2D eigenvalue weighted by Crippen LogP contribution is -2.04. The molecule has 0 fully saturated rings. The first kappa shape index (κ1) is 27.0. The Hall–Kier alpha value is -1.88. The Morgan fingerprint density at radius 1 is 1.12 bits per heavy atom. The number of halogens is 3. The van der Waals surface area contributed by atoms with Gasteiger partial charge >= 0.3 is 6.18 Å². The molecule has 0 heterocycles. The van der Waals surface area contributed by atoms with E-state index in [4.69, 9.17) is 0 Å². The summed E-state index contributed by atoms with van der Waals surface area (Å²) < 4.78 is 36.1. The zero-order chi connectivity index (χ0) is 19.6. The van der Waals surface area contributed by atoms with E-state index >= 15 is 0 Å². The third-order valence-electron chi connectivity index (χ3n) is 2.58. The van der Waals surface area contributed by atoms with Crippen LogP contribution in [0.15, 0.2) is 48.1 Å². The first-order valence-electron chi connectivity index (χ1n) is 7.83. The number of rotatable bonds is 3. The second-order valence-corrected chi connectivity index (χ2v) is 4.08. The Kier molecular flexibility index (Phi) is 19.7. The van der Waals surface area contributed by atoms with Gasteiger partial charge in [-0.3, -0.25) is 4.79 Å². The van der Waals surface area contributed by atoms with Crippen molar-refractivity contribution in [1.29, 1.82) is 0 Å². The summed E-state index contributed by atoms with van der Waals surface area (Å²) in [5.74, 6) is 0. The van der Waals surface area contributed by atoms with Gasteiger partial charge in [0.05, 0.1) is 5.56 Å². The maximum Gasteiger partial charge on any atom is 0.416 e. The van der Waals surface area contributed by atoms with Crippen LogP contribution in [0.1, 0.15) is 45.7 Å². The molecule has 24 heavy (non-hydrogen) atoms. The molecule has 0 aliphatic carbocycles. The second-order valence-electron chi connectivity index (χ2n) is 4.08. The maximum atomic E-state index is 12.0. The molecular weight excluding hydrogens is 315 g/mol. The largest absolute Gasteiger partial charge is 0.416 e. The number of aryl methyl sites for hydroxylation is 1. The summed E-state index contributed by atoms with van der Waals surface area (Å²) in [4.78, 5) is 9.71. The summed E-state index contributed by atoms with van der Waals surface area (Å²) in [6.07, 6.45) is 2.51. The van der Waals surface area contributed by atoms with Gasteiger partial charge in [-0.05, 0) is 51.1 Å². The molecule has 1 rings (SSSR count). The summed E-state index contributed by atoms with van der Waals surface area (Å²) in [5, 5.41) is 0. The minimum absolute atomic E-state index is 0.584. The number of carbonyl (C=O) groups excluding carboxylic acids is 1. The van der Waals surface area contributed by atoms with E-state index < -0.39 is 11.7 Å². The molecule has 0 radical (unpaired) electrons. The number of aldehydes is 1. The third-order valence-corrected chi connectivity index (χ3v) is 2.58. The van der Waals surface area contributed by atoms with Crippen LogP contribution in [0.25, 0.3) is 0 Å². The number of nitrogens with two attached hydrogens (primary N) is 1. The number of carbonyl (C=O) groups is 1. The minimum atomic E-state index is -4.22. The van der Waals surface area contributed by atoms with Gasteiger partial charge in [-0.15, -0.1) is 0 Å². The van der Waals surface area contributed by atoms with Crippen LogP contribution in [0.4, 0.5) is 13.2 Å². The van der Waals surface area contributed by atoms with Crippen LogP contribution in [0.2, 0.25) is 0 Å². The topological polar surface area (TPSA) is 43.1 Å². The average Bonchev–Trinajstić information content (AvgIpc) is 2.62. The first-order valence-corrected chi connectivity index (χ1v) is 7.83. The lowest BCUT2D eigenvalue weighted by Gasteiger charge is -2.06. The molecule has 0 aliphatic rings. The lowest BCUT2D eigenvalue weighted by molar-refractivity contribution is -0.137. The predicted octanol–water partition coefficient (Wildman–Crippen LogP) is 5.58. The lowest BCUT2D eigenvalue weighted by atomic mass is 10.1. The van der Waals surface area contributed by atoms with Gasteiger partial charge in [-0.2, -0.15) is 13.2 Å². The van der Waals surface area contributed by atoms with Crippen molar-refractivity contribution in [2.24, 2.45) is 5.73 Å². The molecule has 0 aromatic heterocycles. The third kappa shape index (κ3) is 15.0. The molecule has 0 amide bonds. The van der Waals surface area contributed by atoms with Crippen molar-refractivity contribution in [3.05, 3.63) is 59.2 Å². The van der Waals surface area contributed by atoms with Crippen molar-refractivity contribution in [2.45, 2.75) is 47.2 Å². The predicted molar refractivity (Wildman–Crippen MR) is 96.9 cm³/mol. The fourth-order valence-corrected chi connectivity index (χ4v) is 1.22. The van der Waals surface area contributed by atoms with Gasteiger partial charge in [0, 0.05) is 0 Å². The van der Waals surface area contributed by atoms with Crippen molar-refractivity contribution < 1.29 is 18.0 Å². The Morgan fingerprint density at radius 2 is 1.58 bits per heavy atom. The van der Waals surface area contributed by atoms with Gasteiger partial charge < -0.3 is 5.73 Å². The molecule has 0 unspecified atom stereocenters. The summed E-state index contributed by atoms with van der Waals surface area (Å²) in [7, 11) is 1.50. The van der Waals surface area contributed by atoms with E-state index in [9.17, 15) is 18.0 Å². The molecule has 0 atom stereocenters. The summed E-state index contributed by atoms with van der Waals surface area (Å²) in [5.41, 5.74) is 5.94. The van der Waals surface area contributed by atoms with Crippen molar-refractivity contribution >= 4 is 6.29 Å². The normalized spacial score (nSPS) is 10.5. The van der Waals surface area contributed by atoms with Gasteiger partial charge in [-0.1, -0.05) is 50.6 Å². The van der Waals surface area contributed by atoms with E-state index in [1.54, 1.807) is 6.08 Å². The van der Waals surface area contributed by atoms with E-state index in [0.29, 0.717) is 0 Å². The molecular formula is C19H30F3NO. The Morgan fingerprint density at radius 3 is 1.88 bits per heavy atom. The fourth-order valence-electron chi connectivity index (χ4n) is 1.22. The molecule has 5 heteroatoms. The molecule has 0 saturated heterocycles. The highest BCUT2D eigenvalue weighted by Gasteiger charge is 2.29. The molecule has 1 aromatic rings. The van der Waals surface area contributed by atoms with Crippen molar-refractivity contribution in [1.82, 2.24) is 0 Å². The molecule has 2 nitrogen and oxygen atoms in total. The molecule has 0 spiro atoms. The Bertz CT molecular complexity index is 460. The Labute approximate surface area is 144 Å². The highest BCUT2D eigenvalue weighted by Crippen LogP contribution is 2.28. The van der Waals surface area contributed by atoms with Crippen LogP contribution < -0.4 is 5.73 Å². The standard InChI is InChI=1S/C9H9F3.C7H10O.C2H6.CH5N/c1-2-7-3-5-8(6-4-7)9(10,11)12;1-3-7(2)5-4-6-8;2*1-2/h3-6H,2H2,1H3;3-6H,1-2H3;1-2H3;2H2,1H3/b;5-4-,7-3-;;. The van der Waals surface area contributed by atoms with E-state index in [1.807, 2.05) is 40.7 Å². The van der Waals surface area contributed by atoms with Crippen molar-refractivity contribution in [2.75, 3.05) is 7.05 Å². The number of allylic oxidation sites excluding steroid dienone is 4. The molecule has 0 saturated carbocycles. The zero-order valence-electron chi connectivity index (χ0n) is 15.4. The second kappa shape index (κ2) is 17.5. The van der Waals surface area contributed by atoms with Gasteiger partial charge in [0.2, 0.25) is 0 Å². The number of hydrogen-bond acceptors (Lipinski definition) is 2. The summed E-state index contributed by atoms with van der Waals surface area (Å²) in [6, 6.07) is 5.23. The van der Waals surface area contributed by atoms with Crippen molar-refractivity contribution in [3.8, 4) is 0 Å². The van der Waals surface area contributed by atoms with Gasteiger partial charge in [0.1, 0.15) is 6.29 Å². The number of benzene rings is 1. The average molecular weight is 345 g/mol. The molecule has 2 N–H and O–H groups in total. The summed E-state index contributed by atoms with van der Waals surface area (Å²) >= 11 is 0. The monoisotopic (exact) mass is 345 g/mol. The highest BCUT2D eigenvalue weighted by atomic mass is 19.4. The fraction of sp³-hybridized carbons (Fsp3) is 0.421. The van der Waals surface area contributed by atoms with E-state index in [0.717, 1.165) is 36.0 Å². The van der Waals surface area contributed by atoms with Crippen LogP contribution >= 0.6 is 0 Å². The van der Waals surface area contributed by atoms with E-state index in [1.165, 1.54) is 25.3 Å². The van der Waals surface area contributed by atoms with Crippen LogP contribution in [-0.2, 0) is 17.4 Å². The van der Waals surface area contributed by atoms with Crippen LogP contribution in [-0.4, -0.2) is 13.3 Å². The van der Waals surface area contributed by atoms with Crippen LogP contribution in [0.3, 0.4) is 0 Å². The number of hydrogen-bond donors (Lipinski definition) is 1. The maximum absolute atomic E-state index is 12.0. The molecule has 0 bridgehead atoms. The van der Waals surface area contributed by atoms with Gasteiger partial charge in [0.15, 0.2) is 0 Å². The zero-order valence-corrected chi connectivity index (χ0v) is 15.4. The minimum Gasteiger partial charge on any atom is -0.333 e. The van der Waals surface area contributed by atoms with Crippen LogP contribution in [0.5, 0.6) is 0 Å². The van der Waals surface area contributed by atoms with E-state index in [2.05, 4.69) is 5.73 Å². The quantitative estimate of drug-likeness (QED) is 0.442.